The molecule has 3 aromatic rings. The third-order valence-corrected chi connectivity index (χ3v) is 6.40. The summed E-state index contributed by atoms with van der Waals surface area (Å²) in [6.07, 6.45) is 7.40. The molecular formula is C16H17ClN4S2. The first kappa shape index (κ1) is 15.3. The van der Waals surface area contributed by atoms with Crippen LogP contribution in [0.5, 0.6) is 0 Å². The van der Waals surface area contributed by atoms with E-state index in [-0.39, 0.29) is 0 Å². The number of nitrogens with one attached hydrogen (secondary N) is 1. The van der Waals surface area contributed by atoms with E-state index in [0.717, 1.165) is 33.6 Å². The highest BCUT2D eigenvalue weighted by atomic mass is 35.5. The molecule has 1 aliphatic rings. The van der Waals surface area contributed by atoms with E-state index in [2.05, 4.69) is 21.9 Å². The fourth-order valence-electron chi connectivity index (χ4n) is 3.01. The Balaban J connectivity index is 1.45. The Morgan fingerprint density at radius 1 is 1.48 bits per heavy atom. The minimum atomic E-state index is 0.394. The van der Waals surface area contributed by atoms with E-state index in [1.54, 1.807) is 27.4 Å². The predicted octanol–water partition coefficient (Wildman–Crippen LogP) is 4.43. The number of aryl methyl sites for hydroxylation is 2. The summed E-state index contributed by atoms with van der Waals surface area (Å²) in [6, 6.07) is 2.52. The Morgan fingerprint density at radius 3 is 3.22 bits per heavy atom. The molecule has 7 heteroatoms. The van der Waals surface area contributed by atoms with Crippen molar-refractivity contribution in [3.05, 3.63) is 44.3 Å². The first-order valence-corrected chi connectivity index (χ1v) is 9.71. The highest BCUT2D eigenvalue weighted by Crippen LogP contribution is 2.38. The fourth-order valence-corrected chi connectivity index (χ4v) is 5.19. The van der Waals surface area contributed by atoms with Gasteiger partial charge in [-0.2, -0.15) is 5.10 Å². The maximum atomic E-state index is 6.18. The summed E-state index contributed by atoms with van der Waals surface area (Å²) in [6.45, 7) is 0.786. The highest BCUT2D eigenvalue weighted by Gasteiger charge is 2.22. The van der Waals surface area contributed by atoms with E-state index in [1.807, 2.05) is 19.4 Å². The number of hydrogen-bond acceptors (Lipinski definition) is 5. The van der Waals surface area contributed by atoms with Crippen molar-refractivity contribution in [3.8, 4) is 10.6 Å². The molecule has 0 bridgehead atoms. The average molecular weight is 365 g/mol. The van der Waals surface area contributed by atoms with Crippen LogP contribution in [0.2, 0.25) is 4.34 Å². The van der Waals surface area contributed by atoms with E-state index in [0.29, 0.717) is 6.04 Å². The first-order valence-electron chi connectivity index (χ1n) is 7.64. The average Bonchev–Trinajstić information content (AvgIpc) is 3.23. The van der Waals surface area contributed by atoms with Gasteiger partial charge in [-0.15, -0.1) is 22.7 Å². The summed E-state index contributed by atoms with van der Waals surface area (Å²) < 4.78 is 2.70. The van der Waals surface area contributed by atoms with Crippen LogP contribution >= 0.6 is 34.3 Å². The number of thiazole rings is 1. The van der Waals surface area contributed by atoms with E-state index >= 15 is 0 Å². The first-order chi connectivity index (χ1) is 11.2. The molecular weight excluding hydrogens is 348 g/mol. The lowest BCUT2D eigenvalue weighted by Crippen LogP contribution is -2.24. The normalized spacial score (nSPS) is 17.4. The second-order valence-corrected chi connectivity index (χ2v) is 8.43. The Kier molecular flexibility index (Phi) is 4.24. The van der Waals surface area contributed by atoms with Gasteiger partial charge in [0, 0.05) is 41.7 Å². The lowest BCUT2D eigenvalue weighted by atomic mass is 9.94. The number of aromatic nitrogens is 3. The minimum Gasteiger partial charge on any atom is -0.304 e. The van der Waals surface area contributed by atoms with Crippen LogP contribution in [0.25, 0.3) is 10.6 Å². The molecule has 0 aromatic carbocycles. The van der Waals surface area contributed by atoms with E-state index < -0.39 is 0 Å². The number of hydrogen-bond donors (Lipinski definition) is 1. The smallest absolute Gasteiger partial charge is 0.126 e. The molecule has 1 N–H and O–H groups in total. The van der Waals surface area contributed by atoms with Gasteiger partial charge in [-0.05, 0) is 30.9 Å². The van der Waals surface area contributed by atoms with Crippen molar-refractivity contribution in [2.75, 3.05) is 0 Å². The van der Waals surface area contributed by atoms with Crippen molar-refractivity contribution in [3.63, 3.8) is 0 Å². The molecule has 0 fully saturated rings. The molecule has 1 atom stereocenters. The van der Waals surface area contributed by atoms with Gasteiger partial charge in [-0.3, -0.25) is 4.68 Å². The number of halogens is 1. The van der Waals surface area contributed by atoms with Crippen LogP contribution in [0, 0.1) is 0 Å². The molecule has 3 heterocycles. The second kappa shape index (κ2) is 6.36. The zero-order valence-corrected chi connectivity index (χ0v) is 15.1. The predicted molar refractivity (Wildman–Crippen MR) is 96.2 cm³/mol. The lowest BCUT2D eigenvalue weighted by Gasteiger charge is -2.23. The van der Waals surface area contributed by atoms with Crippen molar-refractivity contribution < 1.29 is 0 Å². The molecule has 120 valence electrons. The lowest BCUT2D eigenvalue weighted by molar-refractivity contribution is 0.461. The quantitative estimate of drug-likeness (QED) is 0.744. The Hall–Kier alpha value is -1.21. The number of fused-ring (bicyclic) bond motifs is 1. The van der Waals surface area contributed by atoms with Crippen molar-refractivity contribution in [1.82, 2.24) is 20.1 Å². The Morgan fingerprint density at radius 2 is 2.39 bits per heavy atom. The third kappa shape index (κ3) is 3.21. The van der Waals surface area contributed by atoms with Crippen molar-refractivity contribution in [2.24, 2.45) is 7.05 Å². The van der Waals surface area contributed by atoms with Gasteiger partial charge in [0.25, 0.3) is 0 Å². The molecule has 1 unspecified atom stereocenters. The van der Waals surface area contributed by atoms with Gasteiger partial charge in [0.2, 0.25) is 0 Å². The van der Waals surface area contributed by atoms with Gasteiger partial charge in [0.05, 0.1) is 16.2 Å². The van der Waals surface area contributed by atoms with Gasteiger partial charge >= 0.3 is 0 Å². The van der Waals surface area contributed by atoms with E-state index in [9.17, 15) is 0 Å². The van der Waals surface area contributed by atoms with Crippen LogP contribution in [-0.4, -0.2) is 14.8 Å². The van der Waals surface area contributed by atoms with E-state index in [4.69, 9.17) is 16.6 Å². The molecule has 0 saturated carbocycles. The van der Waals surface area contributed by atoms with Crippen LogP contribution in [0.4, 0.5) is 0 Å². The summed E-state index contributed by atoms with van der Waals surface area (Å²) in [5.41, 5.74) is 3.55. The Labute approximate surface area is 148 Å². The van der Waals surface area contributed by atoms with Crippen LogP contribution in [-0.2, 0) is 20.0 Å². The van der Waals surface area contributed by atoms with Gasteiger partial charge in [0.1, 0.15) is 5.01 Å². The van der Waals surface area contributed by atoms with Gasteiger partial charge in [-0.25, -0.2) is 4.98 Å². The number of rotatable bonds is 4. The van der Waals surface area contributed by atoms with Crippen LogP contribution in [0.1, 0.15) is 35.0 Å². The molecule has 0 amide bonds. The zero-order chi connectivity index (χ0) is 15.8. The van der Waals surface area contributed by atoms with E-state index in [1.165, 1.54) is 23.3 Å². The monoisotopic (exact) mass is 364 g/mol. The minimum absolute atomic E-state index is 0.394. The molecule has 4 rings (SSSR count). The van der Waals surface area contributed by atoms with Crippen molar-refractivity contribution in [2.45, 2.75) is 31.8 Å². The zero-order valence-electron chi connectivity index (χ0n) is 12.8. The van der Waals surface area contributed by atoms with Gasteiger partial charge in [-0.1, -0.05) is 11.6 Å². The summed E-state index contributed by atoms with van der Waals surface area (Å²) in [4.78, 5) is 6.16. The second-order valence-electron chi connectivity index (χ2n) is 5.80. The summed E-state index contributed by atoms with van der Waals surface area (Å²) in [5.74, 6) is 0. The van der Waals surface area contributed by atoms with Gasteiger partial charge < -0.3 is 5.32 Å². The van der Waals surface area contributed by atoms with Crippen molar-refractivity contribution >= 4 is 34.3 Å². The summed E-state index contributed by atoms with van der Waals surface area (Å²) in [5, 5.41) is 11.0. The molecule has 0 spiro atoms. The third-order valence-electron chi connectivity index (χ3n) is 4.12. The molecule has 3 aromatic heterocycles. The Bertz CT molecular complexity index is 820. The van der Waals surface area contributed by atoms with Crippen LogP contribution in [0.3, 0.4) is 0 Å². The maximum absolute atomic E-state index is 6.18. The molecule has 23 heavy (non-hydrogen) atoms. The highest BCUT2D eigenvalue weighted by molar-refractivity contribution is 7.16. The SMILES string of the molecule is Cn1cc(-c2nc(CNC3CCCc4sc(Cl)cc43)cs2)cn1. The fraction of sp³-hybridized carbons (Fsp3) is 0.375. The maximum Gasteiger partial charge on any atom is 0.126 e. The largest absolute Gasteiger partial charge is 0.304 e. The van der Waals surface area contributed by atoms with Gasteiger partial charge in [0.15, 0.2) is 0 Å². The topological polar surface area (TPSA) is 42.7 Å². The van der Waals surface area contributed by atoms with Crippen LogP contribution < -0.4 is 5.32 Å². The summed E-state index contributed by atoms with van der Waals surface area (Å²) >= 11 is 9.57. The number of nitrogens with zero attached hydrogens (tertiary/aromatic N) is 3. The number of thiophene rings is 1. The van der Waals surface area contributed by atoms with Crippen LogP contribution in [0.15, 0.2) is 23.8 Å². The molecule has 0 saturated heterocycles. The molecule has 0 aliphatic heterocycles. The van der Waals surface area contributed by atoms with Crippen molar-refractivity contribution in [1.29, 1.82) is 0 Å². The molecule has 4 nitrogen and oxygen atoms in total. The summed E-state index contributed by atoms with van der Waals surface area (Å²) in [7, 11) is 1.92. The molecule has 1 aliphatic carbocycles. The molecule has 0 radical (unpaired) electrons. The standard InChI is InChI=1S/C16H17ClN4S2/c1-21-8-10(6-19-21)16-20-11(9-22-16)7-18-13-3-2-4-14-12(13)5-15(17)23-14/h5-6,8-9,13,18H,2-4,7H2,1H3.